The fourth-order valence-corrected chi connectivity index (χ4v) is 1.12. The largest absolute Gasteiger partial charge is 0.456 e. The molecule has 0 saturated carbocycles. The molecule has 0 aromatic rings. The Hall–Kier alpha value is -0.730. The van der Waals surface area contributed by atoms with Crippen LogP contribution in [0.3, 0.4) is 0 Å². The number of esters is 1. The summed E-state index contributed by atoms with van der Waals surface area (Å²) in [4.78, 5) is 10.9. The van der Waals surface area contributed by atoms with Gasteiger partial charge < -0.3 is 25.3 Å². The lowest BCUT2D eigenvalue weighted by Gasteiger charge is -2.34. The van der Waals surface area contributed by atoms with Gasteiger partial charge in [0.25, 0.3) is 0 Å². The highest BCUT2D eigenvalue weighted by Gasteiger charge is 2.44. The molecule has 1 saturated heterocycles. The summed E-state index contributed by atoms with van der Waals surface area (Å²) in [5.41, 5.74) is 1.51. The van der Waals surface area contributed by atoms with Crippen LogP contribution in [0, 0.1) is 0 Å². The van der Waals surface area contributed by atoms with E-state index in [1.165, 1.54) is 5.48 Å². The number of carbonyl (C=O) groups is 1. The molecule has 1 fully saturated rings. The van der Waals surface area contributed by atoms with Gasteiger partial charge in [-0.25, -0.2) is 0 Å². The van der Waals surface area contributed by atoms with E-state index in [1.54, 1.807) is 0 Å². The van der Waals surface area contributed by atoms with Gasteiger partial charge in [-0.2, -0.15) is 5.48 Å². The Morgan fingerprint density at radius 1 is 1.38 bits per heavy atom. The molecule has 4 atom stereocenters. The average molecular weight is 193 g/mol. The maximum Gasteiger partial charge on any atom is 0.328 e. The quantitative estimate of drug-likeness (QED) is 0.234. The van der Waals surface area contributed by atoms with Crippen molar-refractivity contribution < 1.29 is 30.1 Å². The molecule has 1 aliphatic heterocycles. The van der Waals surface area contributed by atoms with E-state index in [4.69, 9.17) is 10.3 Å². The Bertz CT molecular complexity index is 198. The molecule has 0 spiro atoms. The van der Waals surface area contributed by atoms with Crippen molar-refractivity contribution in [2.75, 3.05) is 6.61 Å². The van der Waals surface area contributed by atoms with Gasteiger partial charge in [-0.3, -0.25) is 4.79 Å². The number of aliphatic hydroxyl groups excluding tert-OH is 3. The van der Waals surface area contributed by atoms with E-state index in [0.717, 1.165) is 0 Å². The minimum atomic E-state index is -1.50. The standard InChI is InChI=1S/C6H11NO6/c8-1-2-4(9)5(10)3(7-12)6(11)13-2/h2-5,7-10,12H,1H2/t2-,3?,4-,5-/m1/s1. The molecule has 0 bridgehead atoms. The SMILES string of the molecule is O=C1O[C@H](CO)[C@@H](O)[C@H](O)C1NO. The first kappa shape index (κ1) is 10.4. The van der Waals surface area contributed by atoms with Crippen molar-refractivity contribution in [3.63, 3.8) is 0 Å². The second-order valence-corrected chi connectivity index (χ2v) is 2.75. The fourth-order valence-electron chi connectivity index (χ4n) is 1.12. The van der Waals surface area contributed by atoms with Gasteiger partial charge in [-0.1, -0.05) is 0 Å². The van der Waals surface area contributed by atoms with Crippen LogP contribution >= 0.6 is 0 Å². The zero-order chi connectivity index (χ0) is 10.0. The minimum absolute atomic E-state index is 0.581. The first-order valence-corrected chi connectivity index (χ1v) is 3.69. The monoisotopic (exact) mass is 193 g/mol. The topological polar surface area (TPSA) is 119 Å². The first-order valence-electron chi connectivity index (χ1n) is 3.69. The summed E-state index contributed by atoms with van der Waals surface area (Å²) < 4.78 is 4.50. The van der Waals surface area contributed by atoms with Gasteiger partial charge in [-0.05, 0) is 0 Å². The number of hydrogen-bond donors (Lipinski definition) is 5. The summed E-state index contributed by atoms with van der Waals surface area (Å²) in [6, 6.07) is -1.38. The predicted molar refractivity (Wildman–Crippen MR) is 37.7 cm³/mol. The van der Waals surface area contributed by atoms with Crippen LogP contribution in [0.5, 0.6) is 0 Å². The minimum Gasteiger partial charge on any atom is -0.456 e. The molecule has 76 valence electrons. The van der Waals surface area contributed by atoms with Gasteiger partial charge in [0.15, 0.2) is 12.1 Å². The van der Waals surface area contributed by atoms with Gasteiger partial charge >= 0.3 is 5.97 Å². The van der Waals surface area contributed by atoms with Gasteiger partial charge in [0, 0.05) is 0 Å². The molecule has 0 amide bonds. The number of rotatable bonds is 2. The number of carbonyl (C=O) groups excluding carboxylic acids is 1. The molecule has 0 aliphatic carbocycles. The lowest BCUT2D eigenvalue weighted by Crippen LogP contribution is -2.60. The average Bonchev–Trinajstić information content (AvgIpc) is 2.12. The molecule has 1 unspecified atom stereocenters. The van der Waals surface area contributed by atoms with E-state index in [9.17, 15) is 15.0 Å². The molecule has 13 heavy (non-hydrogen) atoms. The predicted octanol–water partition coefficient (Wildman–Crippen LogP) is -3.03. The van der Waals surface area contributed by atoms with Crippen molar-refractivity contribution >= 4 is 5.97 Å². The molecular weight excluding hydrogens is 182 g/mol. The highest BCUT2D eigenvalue weighted by Crippen LogP contribution is 2.15. The van der Waals surface area contributed by atoms with Crippen molar-refractivity contribution in [1.29, 1.82) is 0 Å². The molecule has 0 radical (unpaired) electrons. The second-order valence-electron chi connectivity index (χ2n) is 2.75. The molecule has 0 aromatic carbocycles. The molecular formula is C6H11NO6. The molecule has 1 heterocycles. The molecule has 0 aromatic heterocycles. The first-order chi connectivity index (χ1) is 6.11. The third kappa shape index (κ3) is 1.79. The van der Waals surface area contributed by atoms with Crippen molar-refractivity contribution in [2.45, 2.75) is 24.4 Å². The van der Waals surface area contributed by atoms with Crippen molar-refractivity contribution in [2.24, 2.45) is 0 Å². The molecule has 1 rings (SSSR count). The Morgan fingerprint density at radius 2 is 2.00 bits per heavy atom. The van der Waals surface area contributed by atoms with Crippen molar-refractivity contribution in [3.05, 3.63) is 0 Å². The molecule has 7 heteroatoms. The summed E-state index contributed by atoms with van der Waals surface area (Å²) >= 11 is 0. The van der Waals surface area contributed by atoms with Crippen LogP contribution in [0.2, 0.25) is 0 Å². The summed E-state index contributed by atoms with van der Waals surface area (Å²) in [7, 11) is 0. The van der Waals surface area contributed by atoms with E-state index in [0.29, 0.717) is 0 Å². The zero-order valence-electron chi connectivity index (χ0n) is 6.62. The van der Waals surface area contributed by atoms with Gasteiger partial charge in [0.2, 0.25) is 0 Å². The van der Waals surface area contributed by atoms with Crippen LogP contribution in [0.4, 0.5) is 0 Å². The fraction of sp³-hybridized carbons (Fsp3) is 0.833. The zero-order valence-corrected chi connectivity index (χ0v) is 6.62. The van der Waals surface area contributed by atoms with E-state index in [-0.39, 0.29) is 0 Å². The number of cyclic esters (lactones) is 1. The molecule has 7 nitrogen and oxygen atoms in total. The van der Waals surface area contributed by atoms with Gasteiger partial charge in [0.1, 0.15) is 12.2 Å². The maximum absolute atomic E-state index is 10.9. The van der Waals surface area contributed by atoms with E-state index in [2.05, 4.69) is 4.74 Å². The maximum atomic E-state index is 10.9. The lowest BCUT2D eigenvalue weighted by molar-refractivity contribution is -0.195. The summed E-state index contributed by atoms with van der Waals surface area (Å²) in [5.74, 6) is -0.917. The third-order valence-corrected chi connectivity index (χ3v) is 1.91. The van der Waals surface area contributed by atoms with Gasteiger partial charge in [0.05, 0.1) is 6.61 Å². The number of aliphatic hydroxyl groups is 3. The van der Waals surface area contributed by atoms with Gasteiger partial charge in [-0.15, -0.1) is 0 Å². The Labute approximate surface area is 73.5 Å². The van der Waals surface area contributed by atoms with Crippen LogP contribution in [-0.2, 0) is 9.53 Å². The highest BCUT2D eigenvalue weighted by atomic mass is 16.6. The van der Waals surface area contributed by atoms with Crippen molar-refractivity contribution in [1.82, 2.24) is 5.48 Å². The van der Waals surface area contributed by atoms with Crippen LogP contribution in [0.25, 0.3) is 0 Å². The van der Waals surface area contributed by atoms with E-state index in [1.807, 2.05) is 0 Å². The smallest absolute Gasteiger partial charge is 0.328 e. The summed E-state index contributed by atoms with van der Waals surface area (Å²) in [5, 5.41) is 35.5. The number of hydroxylamine groups is 1. The van der Waals surface area contributed by atoms with Crippen LogP contribution in [0.1, 0.15) is 0 Å². The molecule has 5 N–H and O–H groups in total. The number of ether oxygens (including phenoxy) is 1. The summed E-state index contributed by atoms with van der Waals surface area (Å²) in [6.07, 6.45) is -4.05. The Morgan fingerprint density at radius 3 is 2.46 bits per heavy atom. The molecule has 1 aliphatic rings. The Balaban J connectivity index is 2.72. The van der Waals surface area contributed by atoms with Crippen molar-refractivity contribution in [3.8, 4) is 0 Å². The Kier molecular flexibility index (Phi) is 3.17. The van der Waals surface area contributed by atoms with Crippen LogP contribution in [-0.4, -0.2) is 57.5 Å². The number of hydrogen-bond acceptors (Lipinski definition) is 7. The normalized spacial score (nSPS) is 40.2. The summed E-state index contributed by atoms with van der Waals surface area (Å²) in [6.45, 7) is -0.581. The van der Waals surface area contributed by atoms with Crippen LogP contribution in [0.15, 0.2) is 0 Å². The van der Waals surface area contributed by atoms with E-state index < -0.39 is 36.9 Å². The van der Waals surface area contributed by atoms with Crippen LogP contribution < -0.4 is 5.48 Å². The number of nitrogens with one attached hydrogen (secondary N) is 1. The highest BCUT2D eigenvalue weighted by molar-refractivity contribution is 5.77. The lowest BCUT2D eigenvalue weighted by atomic mass is 9.98. The van der Waals surface area contributed by atoms with E-state index >= 15 is 0 Å². The second kappa shape index (κ2) is 3.99. The third-order valence-electron chi connectivity index (χ3n) is 1.91.